The fourth-order valence-electron chi connectivity index (χ4n) is 5.50. The number of nitrogens with zero attached hydrogens (tertiary/aromatic N) is 6. The van der Waals surface area contributed by atoms with Gasteiger partial charge in [0.15, 0.2) is 5.65 Å². The fraction of sp³-hybridized carbons (Fsp3) is 0.500. The maximum absolute atomic E-state index is 6.51. The molecule has 0 bridgehead atoms. The van der Waals surface area contributed by atoms with Crippen molar-refractivity contribution in [2.24, 2.45) is 17.6 Å². The third kappa shape index (κ3) is 4.74. The molecule has 0 aliphatic carbocycles. The molecule has 4 heterocycles. The number of likely N-dealkylation sites (tertiary alicyclic amines) is 1. The van der Waals surface area contributed by atoms with Gasteiger partial charge in [-0.05, 0) is 68.8 Å². The predicted molar refractivity (Wildman–Crippen MR) is 144 cm³/mol. The van der Waals surface area contributed by atoms with Crippen LogP contribution in [0.15, 0.2) is 31.0 Å². The third-order valence-corrected chi connectivity index (χ3v) is 8.02. The molecule has 3 aromatic rings. The highest BCUT2D eigenvalue weighted by Crippen LogP contribution is 2.35. The van der Waals surface area contributed by atoms with Crippen LogP contribution in [0.2, 0.25) is 10.0 Å². The topological polar surface area (TPSA) is 76.1 Å². The molecule has 9 heteroatoms. The lowest BCUT2D eigenvalue weighted by Gasteiger charge is -2.47. The van der Waals surface area contributed by atoms with Gasteiger partial charge in [0.05, 0.1) is 17.9 Å². The number of nitrogens with two attached hydrogens (primary N) is 1. The molecule has 0 saturated carbocycles. The zero-order valence-corrected chi connectivity index (χ0v) is 21.9. The second-order valence-electron chi connectivity index (χ2n) is 9.93. The largest absolute Gasteiger partial charge is 0.397 e. The van der Waals surface area contributed by atoms with E-state index in [1.807, 2.05) is 29.9 Å². The molecule has 2 saturated heterocycles. The normalized spacial score (nSPS) is 20.2. The summed E-state index contributed by atoms with van der Waals surface area (Å²) in [5.74, 6) is 2.36. The SMILES string of the molecule is C=C(N)c1nn(C(C)c2ccc(Cl)cc2Cl)c2nc(N3CC(C4CCCN(CCC)C4)C3)cnc12. The van der Waals surface area contributed by atoms with Crippen molar-refractivity contribution >= 4 is 45.9 Å². The minimum Gasteiger partial charge on any atom is -0.397 e. The summed E-state index contributed by atoms with van der Waals surface area (Å²) in [5.41, 5.74) is 9.20. The Morgan fingerprint density at radius 3 is 2.74 bits per heavy atom. The molecule has 7 nitrogen and oxygen atoms in total. The van der Waals surface area contributed by atoms with Gasteiger partial charge in [-0.15, -0.1) is 0 Å². The molecule has 0 radical (unpaired) electrons. The molecule has 0 amide bonds. The molecular formula is C26H33Cl2N7. The van der Waals surface area contributed by atoms with Gasteiger partial charge in [-0.3, -0.25) is 0 Å². The Morgan fingerprint density at radius 2 is 2.03 bits per heavy atom. The number of rotatable bonds is 7. The summed E-state index contributed by atoms with van der Waals surface area (Å²) < 4.78 is 1.84. The van der Waals surface area contributed by atoms with E-state index in [9.17, 15) is 0 Å². The number of aromatic nitrogens is 4. The standard InChI is InChI=1S/C26H33Cl2N7/c1-4-9-33-10-5-6-18(13-33)19-14-34(15-19)23-12-30-25-24(16(2)29)32-35(26(25)31-23)17(3)21-8-7-20(27)11-22(21)28/h7-8,11-12,17-19H,2,4-6,9-10,13-15,29H2,1,3H3. The maximum atomic E-state index is 6.51. The lowest BCUT2D eigenvalue weighted by Crippen LogP contribution is -2.53. The Hall–Kier alpha value is -2.35. The Kier molecular flexibility index (Phi) is 6.93. The molecule has 2 N–H and O–H groups in total. The van der Waals surface area contributed by atoms with E-state index >= 15 is 0 Å². The molecule has 2 fully saturated rings. The van der Waals surface area contributed by atoms with Crippen LogP contribution in [0, 0.1) is 11.8 Å². The van der Waals surface area contributed by atoms with Gasteiger partial charge in [-0.1, -0.05) is 42.8 Å². The van der Waals surface area contributed by atoms with Crippen molar-refractivity contribution in [1.29, 1.82) is 0 Å². The van der Waals surface area contributed by atoms with Gasteiger partial charge >= 0.3 is 0 Å². The lowest BCUT2D eigenvalue weighted by molar-refractivity contribution is 0.120. The van der Waals surface area contributed by atoms with Gasteiger partial charge in [-0.2, -0.15) is 5.10 Å². The average Bonchev–Trinajstić information content (AvgIpc) is 3.18. The Labute approximate surface area is 216 Å². The number of piperidine rings is 1. The first kappa shape index (κ1) is 24.3. The highest BCUT2D eigenvalue weighted by molar-refractivity contribution is 6.35. The van der Waals surface area contributed by atoms with Gasteiger partial charge in [0.25, 0.3) is 0 Å². The predicted octanol–water partition coefficient (Wildman–Crippen LogP) is 5.23. The minimum absolute atomic E-state index is 0.184. The molecule has 5 rings (SSSR count). The van der Waals surface area contributed by atoms with Crippen molar-refractivity contribution in [2.75, 3.05) is 37.6 Å². The number of hydrogen-bond acceptors (Lipinski definition) is 6. The summed E-state index contributed by atoms with van der Waals surface area (Å²) in [4.78, 5) is 14.7. The van der Waals surface area contributed by atoms with Crippen molar-refractivity contribution in [3.8, 4) is 0 Å². The summed E-state index contributed by atoms with van der Waals surface area (Å²) in [6.07, 6.45) is 5.70. The minimum atomic E-state index is -0.184. The van der Waals surface area contributed by atoms with E-state index in [2.05, 4.69) is 23.3 Å². The highest BCUT2D eigenvalue weighted by atomic mass is 35.5. The van der Waals surface area contributed by atoms with E-state index in [0.29, 0.717) is 38.5 Å². The summed E-state index contributed by atoms with van der Waals surface area (Å²) in [6, 6.07) is 5.31. The molecule has 1 aromatic carbocycles. The summed E-state index contributed by atoms with van der Waals surface area (Å²) >= 11 is 12.6. The van der Waals surface area contributed by atoms with Crippen molar-refractivity contribution < 1.29 is 0 Å². The second-order valence-corrected chi connectivity index (χ2v) is 10.8. The quantitative estimate of drug-likeness (QED) is 0.466. The van der Waals surface area contributed by atoms with Crippen molar-refractivity contribution in [1.82, 2.24) is 24.6 Å². The van der Waals surface area contributed by atoms with Crippen molar-refractivity contribution in [2.45, 2.75) is 39.2 Å². The molecular weight excluding hydrogens is 481 g/mol. The van der Waals surface area contributed by atoms with Gasteiger partial charge in [0.1, 0.15) is 17.0 Å². The molecule has 2 aliphatic rings. The van der Waals surface area contributed by atoms with Gasteiger partial charge < -0.3 is 15.5 Å². The van der Waals surface area contributed by atoms with Crippen LogP contribution in [0.25, 0.3) is 16.9 Å². The van der Waals surface area contributed by atoms with Crippen molar-refractivity contribution in [3.05, 3.63) is 52.3 Å². The van der Waals surface area contributed by atoms with Crippen LogP contribution < -0.4 is 10.6 Å². The molecule has 186 valence electrons. The van der Waals surface area contributed by atoms with E-state index in [4.69, 9.17) is 44.0 Å². The number of fused-ring (bicyclic) bond motifs is 1. The summed E-state index contributed by atoms with van der Waals surface area (Å²) in [7, 11) is 0. The molecule has 2 unspecified atom stereocenters. The van der Waals surface area contributed by atoms with E-state index in [-0.39, 0.29) is 6.04 Å². The van der Waals surface area contributed by atoms with Crippen LogP contribution >= 0.6 is 23.2 Å². The second kappa shape index (κ2) is 9.96. The van der Waals surface area contributed by atoms with Gasteiger partial charge in [0.2, 0.25) is 0 Å². The zero-order chi connectivity index (χ0) is 24.7. The zero-order valence-electron chi connectivity index (χ0n) is 20.4. The number of anilines is 1. The van der Waals surface area contributed by atoms with E-state index in [0.717, 1.165) is 30.4 Å². The molecule has 0 spiro atoms. The first-order chi connectivity index (χ1) is 16.9. The van der Waals surface area contributed by atoms with Crippen LogP contribution in [0.1, 0.15) is 50.4 Å². The van der Waals surface area contributed by atoms with Crippen molar-refractivity contribution in [3.63, 3.8) is 0 Å². The van der Waals surface area contributed by atoms with E-state index < -0.39 is 0 Å². The number of benzene rings is 1. The fourth-order valence-corrected chi connectivity index (χ4v) is 6.07. The van der Waals surface area contributed by atoms with E-state index in [1.165, 1.54) is 38.9 Å². The van der Waals surface area contributed by atoms with E-state index in [1.54, 1.807) is 6.07 Å². The molecule has 2 atom stereocenters. The van der Waals surface area contributed by atoms with Crippen LogP contribution in [-0.4, -0.2) is 57.4 Å². The van der Waals surface area contributed by atoms with Crippen LogP contribution in [0.3, 0.4) is 0 Å². The third-order valence-electron chi connectivity index (χ3n) is 7.46. The maximum Gasteiger partial charge on any atom is 0.180 e. The first-order valence-electron chi connectivity index (χ1n) is 12.5. The van der Waals surface area contributed by atoms with Crippen LogP contribution in [0.4, 0.5) is 5.82 Å². The lowest BCUT2D eigenvalue weighted by atomic mass is 9.80. The monoisotopic (exact) mass is 513 g/mol. The smallest absolute Gasteiger partial charge is 0.180 e. The Morgan fingerprint density at radius 1 is 1.23 bits per heavy atom. The number of hydrogen-bond donors (Lipinski definition) is 1. The Bertz CT molecular complexity index is 1230. The molecule has 35 heavy (non-hydrogen) atoms. The van der Waals surface area contributed by atoms with Crippen LogP contribution in [-0.2, 0) is 0 Å². The summed E-state index contributed by atoms with van der Waals surface area (Å²) in [6.45, 7) is 13.9. The first-order valence-corrected chi connectivity index (χ1v) is 13.2. The highest BCUT2D eigenvalue weighted by Gasteiger charge is 2.36. The molecule has 2 aliphatic heterocycles. The van der Waals surface area contributed by atoms with Gasteiger partial charge in [0, 0.05) is 29.7 Å². The Balaban J connectivity index is 1.40. The van der Waals surface area contributed by atoms with Crippen LogP contribution in [0.5, 0.6) is 0 Å². The average molecular weight is 515 g/mol. The molecule has 2 aromatic heterocycles. The van der Waals surface area contributed by atoms with Gasteiger partial charge in [-0.25, -0.2) is 14.6 Å². The summed E-state index contributed by atoms with van der Waals surface area (Å²) in [5, 5.41) is 5.92. The number of halogens is 2.